The van der Waals surface area contributed by atoms with Gasteiger partial charge in [-0.05, 0) is 233 Å². The van der Waals surface area contributed by atoms with Crippen LogP contribution in [0.15, 0.2) is 120 Å². The van der Waals surface area contributed by atoms with E-state index in [1.807, 2.05) is 26.0 Å². The molecule has 0 radical (unpaired) electrons. The summed E-state index contributed by atoms with van der Waals surface area (Å²) >= 11 is 0. The van der Waals surface area contributed by atoms with Gasteiger partial charge in [-0.3, -0.25) is 0 Å². The highest BCUT2D eigenvalue weighted by Gasteiger charge is 2.13. The zero-order chi connectivity index (χ0) is 59.1. The van der Waals surface area contributed by atoms with Gasteiger partial charge in [-0.2, -0.15) is 0 Å². The lowest BCUT2D eigenvalue weighted by Crippen LogP contribution is -2.08. The molecule has 4 aliphatic rings. The van der Waals surface area contributed by atoms with Crippen LogP contribution in [0.3, 0.4) is 0 Å². The summed E-state index contributed by atoms with van der Waals surface area (Å²) < 4.78 is 75.6. The van der Waals surface area contributed by atoms with Crippen LogP contribution >= 0.6 is 0 Å². The molecule has 5 aromatic rings. The molecular weight excluding hydrogens is 979 g/mol. The van der Waals surface area contributed by atoms with E-state index in [2.05, 4.69) is 118 Å². The minimum absolute atomic E-state index is 0.0885. The van der Waals surface area contributed by atoms with Crippen molar-refractivity contribution < 1.29 is 26.3 Å². The molecule has 0 aliphatic heterocycles. The van der Waals surface area contributed by atoms with Crippen molar-refractivity contribution >= 4 is 0 Å². The minimum Gasteiger partial charge on any atom is -0.207 e. The zero-order valence-electron chi connectivity index (χ0n) is 51.6. The molecule has 0 bridgehead atoms. The quantitative estimate of drug-likeness (QED) is 0.107. The van der Waals surface area contributed by atoms with E-state index < -0.39 is 23.3 Å². The van der Waals surface area contributed by atoms with Gasteiger partial charge in [0.15, 0.2) is 11.6 Å². The fourth-order valence-electron chi connectivity index (χ4n) is 8.26. The summed E-state index contributed by atoms with van der Waals surface area (Å²) in [5.74, 6) is 2.95. The summed E-state index contributed by atoms with van der Waals surface area (Å²) in [4.78, 5) is 0. The molecule has 4 atom stereocenters. The molecule has 1 fully saturated rings. The van der Waals surface area contributed by atoms with Crippen molar-refractivity contribution in [2.45, 2.75) is 202 Å². The third-order valence-electron chi connectivity index (χ3n) is 14.7. The van der Waals surface area contributed by atoms with Crippen molar-refractivity contribution in [3.8, 4) is 0 Å². The average molecular weight is 1080 g/mol. The topological polar surface area (TPSA) is 0 Å². The molecule has 4 unspecified atom stereocenters. The molecule has 0 saturated heterocycles. The Balaban J connectivity index is 0.000000439. The first-order valence-corrected chi connectivity index (χ1v) is 28.9. The molecule has 432 valence electrons. The fourth-order valence-corrected chi connectivity index (χ4v) is 8.26. The maximum Gasteiger partial charge on any atom is 0.161 e. The molecule has 0 nitrogen and oxygen atoms in total. The molecule has 1 saturated carbocycles. The van der Waals surface area contributed by atoms with Crippen LogP contribution in [0.2, 0.25) is 0 Å². The van der Waals surface area contributed by atoms with Crippen LogP contribution in [0.5, 0.6) is 0 Å². The molecule has 0 aromatic heterocycles. The molecule has 9 rings (SSSR count). The van der Waals surface area contributed by atoms with Crippen molar-refractivity contribution in [2.24, 2.45) is 35.5 Å². The van der Waals surface area contributed by atoms with Crippen molar-refractivity contribution in [1.29, 1.82) is 0 Å². The van der Waals surface area contributed by atoms with E-state index in [4.69, 9.17) is 0 Å². The molecule has 0 spiro atoms. The maximum atomic E-state index is 12.6. The van der Waals surface area contributed by atoms with Gasteiger partial charge in [0.05, 0.1) is 0 Å². The van der Waals surface area contributed by atoms with Gasteiger partial charge in [-0.1, -0.05) is 174 Å². The monoisotopic (exact) mass is 1080 g/mol. The lowest BCUT2D eigenvalue weighted by molar-refractivity contribution is 0.308. The standard InChI is InChI=1S/2C8H8F2.2C8H9F.C8H16.3C8H14.C8H10/c1-5-3-7(9)6(2)8(10)4-5;1-5-3-4-6(2)8(10)7(5)9;2*1-6-3-4-7(2)8(9)5-6;5*1-7-3-5-8(2)6-4-7/h2*3-4H,1-2H3;2*3-5H,1-2H3;7-8H,3-6H2,1-2H3;2*3,8H,4-6H2,1-2H3;3,5,7-8H,4,6H2,1-2H3;3-6H,1-2H3. The molecule has 4 aliphatic carbocycles. The van der Waals surface area contributed by atoms with E-state index in [1.54, 1.807) is 56.2 Å². The smallest absolute Gasteiger partial charge is 0.161 e. The Morgan fingerprint density at radius 1 is 0.308 bits per heavy atom. The predicted octanol–water partition coefficient (Wildman–Crippen LogP) is 23.3. The van der Waals surface area contributed by atoms with Gasteiger partial charge in [-0.15, -0.1) is 0 Å². The second-order valence-electron chi connectivity index (χ2n) is 23.5. The highest BCUT2D eigenvalue weighted by atomic mass is 19.2. The Morgan fingerprint density at radius 3 is 0.859 bits per heavy atom. The normalized spacial score (nSPS) is 19.8. The van der Waals surface area contributed by atoms with Crippen LogP contribution in [0.25, 0.3) is 0 Å². The molecule has 6 heteroatoms. The zero-order valence-corrected chi connectivity index (χ0v) is 51.6. The number of benzene rings is 5. The lowest BCUT2D eigenvalue weighted by Gasteiger charge is -2.22. The maximum absolute atomic E-state index is 12.6. The first-order chi connectivity index (χ1) is 36.6. The Hall–Kier alpha value is -5.10. The highest BCUT2D eigenvalue weighted by Crippen LogP contribution is 2.27. The van der Waals surface area contributed by atoms with Crippen molar-refractivity contribution in [3.05, 3.63) is 211 Å². The van der Waals surface area contributed by atoms with Crippen molar-refractivity contribution in [3.63, 3.8) is 0 Å². The molecule has 0 heterocycles. The summed E-state index contributed by atoms with van der Waals surface area (Å²) in [6, 6.07) is 24.7. The second-order valence-corrected chi connectivity index (χ2v) is 23.5. The van der Waals surface area contributed by atoms with Crippen LogP contribution in [0.4, 0.5) is 26.3 Å². The first kappa shape index (κ1) is 70.9. The number of hydrogen-bond donors (Lipinski definition) is 0. The predicted molar refractivity (Wildman–Crippen MR) is 326 cm³/mol. The SMILES string of the molecule is CC1=CCC(C)CC1.CC1=CCC(C)CC1.CC1C=CC(C)CC1.CC1CCC(C)CC1.Cc1cc(F)c(C)c(F)c1.Cc1ccc(C)c(F)c1.Cc1ccc(C)c(F)c1.Cc1ccc(C)c(F)c1F.Cc1ccc(C)cc1. The third-order valence-corrected chi connectivity index (χ3v) is 14.7. The van der Waals surface area contributed by atoms with E-state index in [9.17, 15) is 26.3 Å². The van der Waals surface area contributed by atoms with Crippen molar-refractivity contribution in [2.75, 3.05) is 0 Å². The van der Waals surface area contributed by atoms with E-state index in [0.29, 0.717) is 27.8 Å². The van der Waals surface area contributed by atoms with E-state index in [-0.39, 0.29) is 17.2 Å². The largest absolute Gasteiger partial charge is 0.207 e. The van der Waals surface area contributed by atoms with Gasteiger partial charge in [0.2, 0.25) is 0 Å². The summed E-state index contributed by atoms with van der Waals surface area (Å²) in [5, 5.41) is 0. The Labute approximate surface area is 472 Å². The van der Waals surface area contributed by atoms with Gasteiger partial charge < -0.3 is 0 Å². The summed E-state index contributed by atoms with van der Waals surface area (Å²) in [6.07, 6.45) is 26.2. The van der Waals surface area contributed by atoms with Gasteiger partial charge in [0, 0.05) is 5.56 Å². The van der Waals surface area contributed by atoms with E-state index in [0.717, 1.165) is 46.6 Å². The number of halogens is 6. The lowest BCUT2D eigenvalue weighted by atomic mass is 9.84. The molecule has 5 aromatic carbocycles. The molecular formula is C72H102F6. The van der Waals surface area contributed by atoms with Crippen LogP contribution in [-0.2, 0) is 0 Å². The Bertz CT molecular complexity index is 2380. The molecule has 78 heavy (non-hydrogen) atoms. The van der Waals surface area contributed by atoms with E-state index >= 15 is 0 Å². The Morgan fingerprint density at radius 2 is 0.603 bits per heavy atom. The third kappa shape index (κ3) is 32.1. The molecule has 0 amide bonds. The first-order valence-electron chi connectivity index (χ1n) is 28.9. The van der Waals surface area contributed by atoms with Gasteiger partial charge in [0.1, 0.15) is 23.3 Å². The van der Waals surface area contributed by atoms with Crippen LogP contribution in [0.1, 0.15) is 188 Å². The summed E-state index contributed by atoms with van der Waals surface area (Å²) in [7, 11) is 0. The minimum atomic E-state index is -0.736. The molecule has 0 N–H and O–H groups in total. The number of aryl methyl sites for hydroxylation is 9. The average Bonchev–Trinajstić information content (AvgIpc) is 3.40. The van der Waals surface area contributed by atoms with Crippen LogP contribution in [-0.4, -0.2) is 0 Å². The second kappa shape index (κ2) is 38.5. The van der Waals surface area contributed by atoms with E-state index in [1.165, 1.54) is 133 Å². The van der Waals surface area contributed by atoms with Gasteiger partial charge in [0.25, 0.3) is 0 Å². The fraction of sp³-hybridized carbons (Fsp3) is 0.500. The number of rotatable bonds is 0. The number of allylic oxidation sites excluding steroid dienone is 6. The van der Waals surface area contributed by atoms with Crippen molar-refractivity contribution in [1.82, 2.24) is 0 Å². The van der Waals surface area contributed by atoms with Gasteiger partial charge in [-0.25, -0.2) is 26.3 Å². The van der Waals surface area contributed by atoms with Gasteiger partial charge >= 0.3 is 0 Å². The van der Waals surface area contributed by atoms with Crippen LogP contribution < -0.4 is 0 Å². The highest BCUT2D eigenvalue weighted by molar-refractivity contribution is 5.26. The Kier molecular flexibility index (Phi) is 35.0. The number of hydrogen-bond acceptors (Lipinski definition) is 0. The summed E-state index contributed by atoms with van der Waals surface area (Å²) in [6.45, 7) is 36.0. The summed E-state index contributed by atoms with van der Waals surface area (Å²) in [5.41, 5.74) is 10.6. The van der Waals surface area contributed by atoms with Crippen LogP contribution in [0, 0.1) is 140 Å².